The summed E-state index contributed by atoms with van der Waals surface area (Å²) in [6.45, 7) is 4.21. The summed E-state index contributed by atoms with van der Waals surface area (Å²) in [5.74, 6) is -0.00295. The zero-order chi connectivity index (χ0) is 25.2. The van der Waals surface area contributed by atoms with Crippen LogP contribution in [0.15, 0.2) is 72.8 Å². The van der Waals surface area contributed by atoms with Crippen molar-refractivity contribution in [2.75, 3.05) is 13.2 Å². The van der Waals surface area contributed by atoms with E-state index in [1.165, 1.54) is 10.5 Å². The third kappa shape index (κ3) is 7.48. The smallest absolute Gasteiger partial charge is 0.261 e. The number of hydrogen-bond acceptors (Lipinski definition) is 3. The van der Waals surface area contributed by atoms with Gasteiger partial charge in [-0.1, -0.05) is 78.7 Å². The molecule has 0 spiro atoms. The minimum Gasteiger partial charge on any atom is -0.484 e. The van der Waals surface area contributed by atoms with Gasteiger partial charge in [0.2, 0.25) is 5.91 Å². The van der Waals surface area contributed by atoms with E-state index in [2.05, 4.69) is 12.2 Å². The molecular formula is C28H30Cl2N2O3. The van der Waals surface area contributed by atoms with Crippen LogP contribution in [0.1, 0.15) is 30.5 Å². The first-order valence-corrected chi connectivity index (χ1v) is 12.4. The van der Waals surface area contributed by atoms with Crippen molar-refractivity contribution in [3.63, 3.8) is 0 Å². The second-order valence-electron chi connectivity index (χ2n) is 8.11. The van der Waals surface area contributed by atoms with Gasteiger partial charge in [-0.15, -0.1) is 0 Å². The molecule has 184 valence electrons. The van der Waals surface area contributed by atoms with Gasteiger partial charge in [-0.2, -0.15) is 0 Å². The standard InChI is InChI=1S/C28H30Cl2N2O3/c1-3-20-13-15-22(16-14-20)35-19-27(33)32(18-23-24(29)11-8-12-25(23)30)26(28(34)31-4-2)17-21-9-6-5-7-10-21/h5-16,26H,3-4,17-19H2,1-2H3,(H,31,34)/t26-/m1/s1. The van der Waals surface area contributed by atoms with Crippen LogP contribution in [-0.4, -0.2) is 35.9 Å². The fourth-order valence-corrected chi connectivity index (χ4v) is 4.27. The van der Waals surface area contributed by atoms with Gasteiger partial charge in [0.25, 0.3) is 5.91 Å². The van der Waals surface area contributed by atoms with Crippen molar-refractivity contribution in [2.45, 2.75) is 39.3 Å². The number of aryl methyl sites for hydroxylation is 1. The van der Waals surface area contributed by atoms with Crippen molar-refractivity contribution in [1.82, 2.24) is 10.2 Å². The molecule has 0 saturated carbocycles. The van der Waals surface area contributed by atoms with Crippen LogP contribution in [0, 0.1) is 0 Å². The molecule has 1 N–H and O–H groups in total. The number of rotatable bonds is 11. The lowest BCUT2D eigenvalue weighted by molar-refractivity contribution is -0.142. The number of carbonyl (C=O) groups is 2. The van der Waals surface area contributed by atoms with E-state index in [9.17, 15) is 9.59 Å². The fourth-order valence-electron chi connectivity index (χ4n) is 3.75. The molecule has 2 amide bonds. The molecule has 0 bridgehead atoms. The number of nitrogens with one attached hydrogen (secondary N) is 1. The van der Waals surface area contributed by atoms with Crippen molar-refractivity contribution >= 4 is 35.0 Å². The van der Waals surface area contributed by atoms with Crippen molar-refractivity contribution in [1.29, 1.82) is 0 Å². The van der Waals surface area contributed by atoms with Gasteiger partial charge in [-0.05, 0) is 48.7 Å². The van der Waals surface area contributed by atoms with E-state index in [4.69, 9.17) is 27.9 Å². The number of carbonyl (C=O) groups excluding carboxylic acids is 2. The maximum atomic E-state index is 13.5. The monoisotopic (exact) mass is 512 g/mol. The van der Waals surface area contributed by atoms with Gasteiger partial charge in [-0.25, -0.2) is 0 Å². The lowest BCUT2D eigenvalue weighted by atomic mass is 10.0. The SMILES string of the molecule is CCNC(=O)[C@@H](Cc1ccccc1)N(Cc1c(Cl)cccc1Cl)C(=O)COc1ccc(CC)cc1. The summed E-state index contributed by atoms with van der Waals surface area (Å²) >= 11 is 12.9. The molecular weight excluding hydrogens is 483 g/mol. The third-order valence-corrected chi connectivity index (χ3v) is 6.41. The summed E-state index contributed by atoms with van der Waals surface area (Å²) in [6.07, 6.45) is 1.25. The van der Waals surface area contributed by atoms with Crippen LogP contribution >= 0.6 is 23.2 Å². The molecule has 0 fully saturated rings. The van der Waals surface area contributed by atoms with Crippen LogP contribution in [-0.2, 0) is 29.0 Å². The van der Waals surface area contributed by atoms with Crippen molar-refractivity contribution in [2.24, 2.45) is 0 Å². The highest BCUT2D eigenvalue weighted by Crippen LogP contribution is 2.27. The molecule has 35 heavy (non-hydrogen) atoms. The molecule has 3 rings (SSSR count). The van der Waals surface area contributed by atoms with Gasteiger partial charge in [0, 0.05) is 35.1 Å². The first kappa shape index (κ1) is 26.6. The lowest BCUT2D eigenvalue weighted by Crippen LogP contribution is -2.51. The predicted octanol–water partition coefficient (Wildman–Crippen LogP) is 5.71. The fraction of sp³-hybridized carbons (Fsp3) is 0.286. The predicted molar refractivity (Wildman–Crippen MR) is 141 cm³/mol. The van der Waals surface area contributed by atoms with Gasteiger partial charge in [0.1, 0.15) is 11.8 Å². The first-order valence-electron chi connectivity index (χ1n) is 11.7. The molecule has 3 aromatic rings. The Morgan fingerprint density at radius 2 is 1.54 bits per heavy atom. The average molecular weight is 513 g/mol. The van der Waals surface area contributed by atoms with E-state index in [-0.39, 0.29) is 25.0 Å². The Morgan fingerprint density at radius 3 is 2.14 bits per heavy atom. The summed E-state index contributed by atoms with van der Waals surface area (Å²) in [6, 6.07) is 21.6. The largest absolute Gasteiger partial charge is 0.484 e. The summed E-state index contributed by atoms with van der Waals surface area (Å²) in [5.41, 5.74) is 2.69. The number of benzene rings is 3. The van der Waals surface area contributed by atoms with E-state index in [0.717, 1.165) is 12.0 Å². The zero-order valence-corrected chi connectivity index (χ0v) is 21.5. The highest BCUT2D eigenvalue weighted by atomic mass is 35.5. The third-order valence-electron chi connectivity index (χ3n) is 5.71. The zero-order valence-electron chi connectivity index (χ0n) is 20.0. The summed E-state index contributed by atoms with van der Waals surface area (Å²) in [5, 5.41) is 3.73. The second-order valence-corrected chi connectivity index (χ2v) is 8.92. The molecule has 5 nitrogen and oxygen atoms in total. The number of likely N-dealkylation sites (N-methyl/N-ethyl adjacent to an activating group) is 1. The summed E-state index contributed by atoms with van der Waals surface area (Å²) < 4.78 is 5.80. The average Bonchev–Trinajstić information content (AvgIpc) is 2.87. The Kier molecular flexibility index (Phi) is 10.0. The molecule has 0 unspecified atom stereocenters. The number of ether oxygens (including phenoxy) is 1. The van der Waals surface area contributed by atoms with E-state index < -0.39 is 6.04 Å². The van der Waals surface area contributed by atoms with Crippen LogP contribution in [0.5, 0.6) is 5.75 Å². The van der Waals surface area contributed by atoms with Crippen molar-refractivity contribution in [3.8, 4) is 5.75 Å². The normalized spacial score (nSPS) is 11.5. The Morgan fingerprint density at radius 1 is 0.886 bits per heavy atom. The van der Waals surface area contributed by atoms with Crippen LogP contribution in [0.2, 0.25) is 10.0 Å². The van der Waals surface area contributed by atoms with Crippen LogP contribution < -0.4 is 10.1 Å². The van der Waals surface area contributed by atoms with Gasteiger partial charge < -0.3 is 15.0 Å². The van der Waals surface area contributed by atoms with E-state index in [1.54, 1.807) is 18.2 Å². The minimum atomic E-state index is -0.775. The lowest BCUT2D eigenvalue weighted by Gasteiger charge is -2.32. The summed E-state index contributed by atoms with van der Waals surface area (Å²) in [4.78, 5) is 28.2. The quantitative estimate of drug-likeness (QED) is 0.357. The van der Waals surface area contributed by atoms with Gasteiger partial charge in [0.05, 0.1) is 0 Å². The number of halogens is 2. The number of hydrogen-bond donors (Lipinski definition) is 1. The Hall–Kier alpha value is -3.02. The number of amides is 2. The van der Waals surface area contributed by atoms with E-state index in [1.807, 2.05) is 61.5 Å². The molecule has 0 saturated heterocycles. The highest BCUT2D eigenvalue weighted by molar-refractivity contribution is 6.36. The van der Waals surface area contributed by atoms with Gasteiger partial charge in [0.15, 0.2) is 6.61 Å². The van der Waals surface area contributed by atoms with Gasteiger partial charge in [-0.3, -0.25) is 9.59 Å². The highest BCUT2D eigenvalue weighted by Gasteiger charge is 2.31. The maximum Gasteiger partial charge on any atom is 0.261 e. The molecule has 1 atom stereocenters. The van der Waals surface area contributed by atoms with Crippen molar-refractivity contribution < 1.29 is 14.3 Å². The molecule has 3 aromatic carbocycles. The Labute approximate surface area is 217 Å². The second kappa shape index (κ2) is 13.2. The van der Waals surface area contributed by atoms with E-state index >= 15 is 0 Å². The molecule has 7 heteroatoms. The van der Waals surface area contributed by atoms with Crippen LogP contribution in [0.4, 0.5) is 0 Å². The van der Waals surface area contributed by atoms with Crippen LogP contribution in [0.25, 0.3) is 0 Å². The first-order chi connectivity index (χ1) is 16.9. The van der Waals surface area contributed by atoms with Crippen molar-refractivity contribution in [3.05, 3.63) is 99.5 Å². The molecule has 0 aliphatic heterocycles. The van der Waals surface area contributed by atoms with Crippen LogP contribution in [0.3, 0.4) is 0 Å². The minimum absolute atomic E-state index is 0.0735. The Bertz CT molecular complexity index is 1100. The van der Waals surface area contributed by atoms with E-state index in [0.29, 0.717) is 34.3 Å². The van der Waals surface area contributed by atoms with Gasteiger partial charge >= 0.3 is 0 Å². The topological polar surface area (TPSA) is 58.6 Å². The molecule has 0 heterocycles. The molecule has 0 aliphatic carbocycles. The molecule has 0 aliphatic rings. The maximum absolute atomic E-state index is 13.5. The number of nitrogens with zero attached hydrogens (tertiary/aromatic N) is 1. The summed E-state index contributed by atoms with van der Waals surface area (Å²) in [7, 11) is 0. The molecule has 0 radical (unpaired) electrons. The molecule has 0 aromatic heterocycles. The Balaban J connectivity index is 1.91.